The van der Waals surface area contributed by atoms with Gasteiger partial charge in [0.15, 0.2) is 0 Å². The van der Waals surface area contributed by atoms with E-state index < -0.39 is 0 Å². The number of ether oxygens (including phenoxy) is 1. The Morgan fingerprint density at radius 3 is 2.84 bits per heavy atom. The average Bonchev–Trinajstić information content (AvgIpc) is 2.82. The Morgan fingerprint density at radius 1 is 1.47 bits per heavy atom. The molecule has 2 N–H and O–H groups in total. The molecule has 3 atom stereocenters. The van der Waals surface area contributed by atoms with Crippen LogP contribution >= 0.6 is 0 Å². The van der Waals surface area contributed by atoms with Crippen LogP contribution < -0.4 is 5.32 Å². The van der Waals surface area contributed by atoms with Gasteiger partial charge in [-0.1, -0.05) is 20.8 Å². The number of hydrogen-bond donors (Lipinski definition) is 2. The van der Waals surface area contributed by atoms with E-state index in [4.69, 9.17) is 9.84 Å². The van der Waals surface area contributed by atoms with E-state index in [0.29, 0.717) is 19.0 Å². The second-order valence-corrected chi connectivity index (χ2v) is 6.20. The molecule has 0 aromatic rings. The highest BCUT2D eigenvalue weighted by atomic mass is 16.5. The lowest BCUT2D eigenvalue weighted by Crippen LogP contribution is -2.68. The van der Waals surface area contributed by atoms with Crippen LogP contribution in [0.25, 0.3) is 0 Å². The molecule has 2 rings (SSSR count). The zero-order chi connectivity index (χ0) is 14.0. The molecule has 2 amide bonds. The number of aliphatic hydroxyl groups excluding tert-OH is 1. The SMILES string of the molecule is CCCN(CCO)C(=O)NC1C2CCOC2C1(C)C. The van der Waals surface area contributed by atoms with Gasteiger partial charge < -0.3 is 20.1 Å². The van der Waals surface area contributed by atoms with Gasteiger partial charge >= 0.3 is 6.03 Å². The molecule has 2 fully saturated rings. The van der Waals surface area contributed by atoms with Crippen molar-refractivity contribution in [3.63, 3.8) is 0 Å². The molecule has 3 unspecified atom stereocenters. The maximum atomic E-state index is 12.3. The predicted octanol–water partition coefficient (Wildman–Crippen LogP) is 1.21. The summed E-state index contributed by atoms with van der Waals surface area (Å²) in [5.41, 5.74) is 0.00786. The molecule has 0 bridgehead atoms. The summed E-state index contributed by atoms with van der Waals surface area (Å²) in [6.07, 6.45) is 2.22. The molecular weight excluding hydrogens is 244 g/mol. The van der Waals surface area contributed by atoms with E-state index >= 15 is 0 Å². The Balaban J connectivity index is 1.94. The van der Waals surface area contributed by atoms with Crippen LogP contribution in [0.3, 0.4) is 0 Å². The van der Waals surface area contributed by atoms with Gasteiger partial charge in [0.05, 0.1) is 12.7 Å². The molecule has 0 aromatic heterocycles. The van der Waals surface area contributed by atoms with Crippen molar-refractivity contribution >= 4 is 6.03 Å². The quantitative estimate of drug-likeness (QED) is 0.789. The van der Waals surface area contributed by atoms with Crippen molar-refractivity contribution in [2.45, 2.75) is 45.8 Å². The van der Waals surface area contributed by atoms with Crippen LogP contribution in [-0.4, -0.2) is 54.5 Å². The van der Waals surface area contributed by atoms with E-state index in [2.05, 4.69) is 19.2 Å². The summed E-state index contributed by atoms with van der Waals surface area (Å²) in [4.78, 5) is 14.0. The van der Waals surface area contributed by atoms with Gasteiger partial charge in [0.1, 0.15) is 0 Å². The molecule has 1 saturated carbocycles. The third-order valence-electron chi connectivity index (χ3n) is 4.53. The fourth-order valence-electron chi connectivity index (χ4n) is 3.55. The van der Waals surface area contributed by atoms with Gasteiger partial charge in [0.25, 0.3) is 0 Å². The summed E-state index contributed by atoms with van der Waals surface area (Å²) in [6.45, 7) is 8.24. The lowest BCUT2D eigenvalue weighted by molar-refractivity contribution is -0.109. The van der Waals surface area contributed by atoms with E-state index in [1.807, 2.05) is 6.92 Å². The summed E-state index contributed by atoms with van der Waals surface area (Å²) < 4.78 is 5.73. The summed E-state index contributed by atoms with van der Waals surface area (Å²) in [7, 11) is 0. The van der Waals surface area contributed by atoms with Crippen molar-refractivity contribution in [1.82, 2.24) is 10.2 Å². The molecule has 19 heavy (non-hydrogen) atoms. The standard InChI is InChI=1S/C14H26N2O3/c1-4-6-16(7-8-17)13(18)15-11-10-5-9-19-12(10)14(11,2)3/h10-12,17H,4-9H2,1-3H3,(H,15,18). The maximum absolute atomic E-state index is 12.3. The normalized spacial score (nSPS) is 31.5. The minimum absolute atomic E-state index is 0.00786. The fraction of sp³-hybridized carbons (Fsp3) is 0.929. The number of nitrogens with zero attached hydrogens (tertiary/aromatic N) is 1. The third-order valence-corrected chi connectivity index (χ3v) is 4.53. The van der Waals surface area contributed by atoms with Crippen molar-refractivity contribution in [3.05, 3.63) is 0 Å². The zero-order valence-electron chi connectivity index (χ0n) is 12.2. The summed E-state index contributed by atoms with van der Waals surface area (Å²) >= 11 is 0. The molecular formula is C14H26N2O3. The van der Waals surface area contributed by atoms with Crippen molar-refractivity contribution in [2.75, 3.05) is 26.3 Å². The Labute approximate surface area is 115 Å². The molecule has 1 saturated heterocycles. The van der Waals surface area contributed by atoms with E-state index in [0.717, 1.165) is 19.4 Å². The second-order valence-electron chi connectivity index (χ2n) is 6.20. The Bertz CT molecular complexity index is 327. The maximum Gasteiger partial charge on any atom is 0.317 e. The number of fused-ring (bicyclic) bond motifs is 1. The highest BCUT2D eigenvalue weighted by Crippen LogP contribution is 2.52. The van der Waals surface area contributed by atoms with E-state index in [9.17, 15) is 4.79 Å². The number of urea groups is 1. The fourth-order valence-corrected chi connectivity index (χ4v) is 3.55. The van der Waals surface area contributed by atoms with Gasteiger partial charge in [-0.05, 0) is 12.8 Å². The molecule has 0 spiro atoms. The smallest absolute Gasteiger partial charge is 0.317 e. The molecule has 110 valence electrons. The van der Waals surface area contributed by atoms with Crippen LogP contribution in [0.5, 0.6) is 0 Å². The van der Waals surface area contributed by atoms with Gasteiger partial charge in [-0.2, -0.15) is 0 Å². The molecule has 5 heteroatoms. The Hall–Kier alpha value is -0.810. The molecule has 0 aromatic carbocycles. The van der Waals surface area contributed by atoms with Crippen molar-refractivity contribution < 1.29 is 14.6 Å². The first kappa shape index (κ1) is 14.6. The monoisotopic (exact) mass is 270 g/mol. The molecule has 2 aliphatic rings. The molecule has 1 aliphatic carbocycles. The first-order chi connectivity index (χ1) is 9.02. The van der Waals surface area contributed by atoms with Gasteiger partial charge in [-0.25, -0.2) is 4.79 Å². The highest BCUT2D eigenvalue weighted by Gasteiger charge is 2.59. The summed E-state index contributed by atoms with van der Waals surface area (Å²) in [5, 5.41) is 12.2. The highest BCUT2D eigenvalue weighted by molar-refractivity contribution is 5.75. The predicted molar refractivity (Wildman–Crippen MR) is 72.9 cm³/mol. The summed E-state index contributed by atoms with van der Waals surface area (Å²) in [6, 6.07) is 0.130. The first-order valence-corrected chi connectivity index (χ1v) is 7.30. The lowest BCUT2D eigenvalue weighted by atomic mass is 9.57. The Kier molecular flexibility index (Phi) is 4.36. The minimum Gasteiger partial charge on any atom is -0.395 e. The third kappa shape index (κ3) is 2.58. The number of aliphatic hydroxyl groups is 1. The molecule has 5 nitrogen and oxygen atoms in total. The summed E-state index contributed by atoms with van der Waals surface area (Å²) in [5.74, 6) is 0.455. The number of amides is 2. The van der Waals surface area contributed by atoms with Crippen LogP contribution in [0, 0.1) is 11.3 Å². The molecule has 0 radical (unpaired) electrons. The number of hydrogen-bond acceptors (Lipinski definition) is 3. The number of rotatable bonds is 5. The van der Waals surface area contributed by atoms with E-state index in [-0.39, 0.29) is 30.2 Å². The van der Waals surface area contributed by atoms with E-state index in [1.54, 1.807) is 4.90 Å². The minimum atomic E-state index is -0.0562. The number of nitrogens with one attached hydrogen (secondary N) is 1. The number of carbonyl (C=O) groups excluding carboxylic acids is 1. The van der Waals surface area contributed by atoms with Crippen LogP contribution in [0.15, 0.2) is 0 Å². The molecule has 1 aliphatic heterocycles. The van der Waals surface area contributed by atoms with Gasteiger partial charge in [0.2, 0.25) is 0 Å². The van der Waals surface area contributed by atoms with Gasteiger partial charge in [-0.15, -0.1) is 0 Å². The van der Waals surface area contributed by atoms with Crippen molar-refractivity contribution in [1.29, 1.82) is 0 Å². The van der Waals surface area contributed by atoms with Crippen molar-refractivity contribution in [2.24, 2.45) is 11.3 Å². The van der Waals surface area contributed by atoms with Crippen LogP contribution in [0.4, 0.5) is 4.79 Å². The topological polar surface area (TPSA) is 61.8 Å². The number of carbonyl (C=O) groups is 1. The average molecular weight is 270 g/mol. The van der Waals surface area contributed by atoms with Crippen LogP contribution in [0.1, 0.15) is 33.6 Å². The lowest BCUT2D eigenvalue weighted by Gasteiger charge is -2.54. The van der Waals surface area contributed by atoms with Gasteiger partial charge in [0, 0.05) is 37.1 Å². The van der Waals surface area contributed by atoms with Crippen LogP contribution in [-0.2, 0) is 4.74 Å². The van der Waals surface area contributed by atoms with E-state index in [1.165, 1.54) is 0 Å². The van der Waals surface area contributed by atoms with Crippen LogP contribution in [0.2, 0.25) is 0 Å². The molecule has 1 heterocycles. The first-order valence-electron chi connectivity index (χ1n) is 7.30. The Morgan fingerprint density at radius 2 is 2.21 bits per heavy atom. The van der Waals surface area contributed by atoms with Crippen molar-refractivity contribution in [3.8, 4) is 0 Å². The van der Waals surface area contributed by atoms with Gasteiger partial charge in [-0.3, -0.25) is 0 Å². The largest absolute Gasteiger partial charge is 0.395 e. The second kappa shape index (κ2) is 5.67. The zero-order valence-corrected chi connectivity index (χ0v) is 12.2.